The molecular weight excluding hydrogens is 292 g/mol. The molecule has 1 aromatic rings. The van der Waals surface area contributed by atoms with Crippen LogP contribution in [0, 0.1) is 6.92 Å². The molecule has 0 radical (unpaired) electrons. The summed E-state index contributed by atoms with van der Waals surface area (Å²) in [6.45, 7) is 5.84. The van der Waals surface area contributed by atoms with Crippen LogP contribution in [0.15, 0.2) is 4.52 Å². The van der Waals surface area contributed by atoms with Crippen molar-refractivity contribution in [3.05, 3.63) is 11.7 Å². The molecule has 3 rings (SSSR count). The number of amides is 1. The molecule has 0 unspecified atom stereocenters. The van der Waals surface area contributed by atoms with Gasteiger partial charge in [-0.05, 0) is 45.7 Å². The summed E-state index contributed by atoms with van der Waals surface area (Å²) in [7, 11) is 0. The molecule has 6 heteroatoms. The second-order valence-corrected chi connectivity index (χ2v) is 7.04. The predicted octanol–water partition coefficient (Wildman–Crippen LogP) is 2.53. The molecule has 0 aromatic carbocycles. The van der Waals surface area contributed by atoms with Gasteiger partial charge in [-0.3, -0.25) is 9.69 Å². The van der Waals surface area contributed by atoms with Gasteiger partial charge in [0.05, 0.1) is 6.04 Å². The Balaban J connectivity index is 1.71. The molecule has 2 heterocycles. The molecule has 2 fully saturated rings. The smallest absolute Gasteiger partial charge is 0.237 e. The number of likely N-dealkylation sites (tertiary alicyclic amines) is 1. The van der Waals surface area contributed by atoms with Gasteiger partial charge in [-0.1, -0.05) is 30.8 Å². The first kappa shape index (κ1) is 16.4. The van der Waals surface area contributed by atoms with E-state index in [1.165, 1.54) is 25.7 Å². The van der Waals surface area contributed by atoms with Crippen molar-refractivity contribution >= 4 is 5.91 Å². The van der Waals surface area contributed by atoms with Crippen molar-refractivity contribution in [3.63, 3.8) is 0 Å². The van der Waals surface area contributed by atoms with Gasteiger partial charge >= 0.3 is 0 Å². The zero-order valence-electron chi connectivity index (χ0n) is 14.3. The lowest BCUT2D eigenvalue weighted by Gasteiger charge is -2.32. The summed E-state index contributed by atoms with van der Waals surface area (Å²) < 4.78 is 5.15. The molecular formula is C17H28N4O2. The van der Waals surface area contributed by atoms with E-state index >= 15 is 0 Å². The maximum Gasteiger partial charge on any atom is 0.237 e. The highest BCUT2D eigenvalue weighted by atomic mass is 16.5. The Morgan fingerprint density at radius 2 is 1.83 bits per heavy atom. The predicted molar refractivity (Wildman–Crippen MR) is 86.8 cm³/mol. The Morgan fingerprint density at radius 1 is 1.17 bits per heavy atom. The third kappa shape index (κ3) is 3.57. The lowest BCUT2D eigenvalue weighted by Crippen LogP contribution is -2.52. The number of nitrogens with zero attached hydrogens (tertiary/aromatic N) is 3. The number of aromatic nitrogens is 2. The Morgan fingerprint density at radius 3 is 2.39 bits per heavy atom. The number of hydrogen-bond donors (Lipinski definition) is 1. The van der Waals surface area contributed by atoms with Crippen LogP contribution in [0.2, 0.25) is 0 Å². The Hall–Kier alpha value is -1.43. The quantitative estimate of drug-likeness (QED) is 0.923. The number of carbonyl (C=O) groups is 1. The molecule has 1 aliphatic carbocycles. The van der Waals surface area contributed by atoms with Crippen molar-refractivity contribution in [2.75, 3.05) is 13.1 Å². The van der Waals surface area contributed by atoms with Crippen LogP contribution >= 0.6 is 0 Å². The maximum absolute atomic E-state index is 12.9. The van der Waals surface area contributed by atoms with Crippen molar-refractivity contribution in [1.29, 1.82) is 0 Å². The van der Waals surface area contributed by atoms with Gasteiger partial charge in [-0.25, -0.2) is 0 Å². The minimum atomic E-state index is -0.436. The van der Waals surface area contributed by atoms with Crippen LogP contribution < -0.4 is 5.32 Å². The zero-order valence-corrected chi connectivity index (χ0v) is 14.3. The normalized spacial score (nSPS) is 23.4. The summed E-state index contributed by atoms with van der Waals surface area (Å²) in [6, 6.07) is -0.0985. The summed E-state index contributed by atoms with van der Waals surface area (Å²) in [5.74, 6) is 1.29. The molecule has 128 valence electrons. The van der Waals surface area contributed by atoms with E-state index in [1.54, 1.807) is 6.92 Å². The van der Waals surface area contributed by atoms with Crippen LogP contribution in [0.25, 0.3) is 0 Å². The molecule has 1 aromatic heterocycles. The topological polar surface area (TPSA) is 71.3 Å². The highest BCUT2D eigenvalue weighted by Crippen LogP contribution is 2.37. The first-order valence-corrected chi connectivity index (χ1v) is 8.98. The second-order valence-electron chi connectivity index (χ2n) is 7.04. The molecule has 1 aliphatic heterocycles. The molecule has 2 aliphatic rings. The Kier molecular flexibility index (Phi) is 4.99. The first-order chi connectivity index (χ1) is 11.1. The van der Waals surface area contributed by atoms with Gasteiger partial charge in [-0.15, -0.1) is 0 Å². The van der Waals surface area contributed by atoms with E-state index in [-0.39, 0.29) is 11.9 Å². The van der Waals surface area contributed by atoms with E-state index in [9.17, 15) is 4.79 Å². The minimum Gasteiger partial charge on any atom is -0.342 e. The van der Waals surface area contributed by atoms with Crippen LogP contribution in [-0.2, 0) is 10.3 Å². The SMILES string of the molecule is Cc1nc(C2(NC(=O)[C@@H](C)N3CCCCCC3)CCCC2)no1. The van der Waals surface area contributed by atoms with Gasteiger partial charge in [0.15, 0.2) is 5.82 Å². The van der Waals surface area contributed by atoms with E-state index < -0.39 is 5.54 Å². The van der Waals surface area contributed by atoms with Crippen LogP contribution in [0.1, 0.15) is 70.0 Å². The number of nitrogens with one attached hydrogen (secondary N) is 1. The fraction of sp³-hybridized carbons (Fsp3) is 0.824. The largest absolute Gasteiger partial charge is 0.342 e. The summed E-state index contributed by atoms with van der Waals surface area (Å²) in [6.07, 6.45) is 8.89. The molecule has 1 amide bonds. The van der Waals surface area contributed by atoms with E-state index in [4.69, 9.17) is 4.52 Å². The number of hydrogen-bond acceptors (Lipinski definition) is 5. The maximum atomic E-state index is 12.9. The molecule has 1 atom stereocenters. The average molecular weight is 320 g/mol. The number of aryl methyl sites for hydroxylation is 1. The summed E-state index contributed by atoms with van der Waals surface area (Å²) in [5.41, 5.74) is -0.436. The van der Waals surface area contributed by atoms with E-state index in [1.807, 2.05) is 6.92 Å². The van der Waals surface area contributed by atoms with Crippen LogP contribution in [0.4, 0.5) is 0 Å². The lowest BCUT2D eigenvalue weighted by molar-refractivity contribution is -0.128. The van der Waals surface area contributed by atoms with Crippen LogP contribution in [0.3, 0.4) is 0 Å². The molecule has 6 nitrogen and oxygen atoms in total. The van der Waals surface area contributed by atoms with Crippen molar-refractivity contribution in [2.45, 2.75) is 76.8 Å². The number of carbonyl (C=O) groups excluding carboxylic acids is 1. The van der Waals surface area contributed by atoms with E-state index in [2.05, 4.69) is 20.4 Å². The van der Waals surface area contributed by atoms with E-state index in [0.717, 1.165) is 38.8 Å². The monoisotopic (exact) mass is 320 g/mol. The average Bonchev–Trinajstić information content (AvgIpc) is 3.09. The lowest BCUT2D eigenvalue weighted by atomic mass is 9.96. The fourth-order valence-corrected chi connectivity index (χ4v) is 3.87. The van der Waals surface area contributed by atoms with Gasteiger partial charge in [0.2, 0.25) is 11.8 Å². The van der Waals surface area contributed by atoms with Gasteiger partial charge in [0, 0.05) is 6.92 Å². The molecule has 1 saturated carbocycles. The second kappa shape index (κ2) is 6.99. The van der Waals surface area contributed by atoms with Crippen LogP contribution in [0.5, 0.6) is 0 Å². The third-order valence-corrected chi connectivity index (χ3v) is 5.34. The van der Waals surface area contributed by atoms with Crippen molar-refractivity contribution < 1.29 is 9.32 Å². The molecule has 23 heavy (non-hydrogen) atoms. The zero-order chi connectivity index (χ0) is 16.3. The molecule has 0 bridgehead atoms. The van der Waals surface area contributed by atoms with Gasteiger partial charge in [-0.2, -0.15) is 4.98 Å². The minimum absolute atomic E-state index is 0.0938. The third-order valence-electron chi connectivity index (χ3n) is 5.34. The van der Waals surface area contributed by atoms with Crippen molar-refractivity contribution in [2.24, 2.45) is 0 Å². The van der Waals surface area contributed by atoms with Crippen molar-refractivity contribution in [3.8, 4) is 0 Å². The standard InChI is InChI=1S/C17H28N4O2/c1-13(21-11-7-3-4-8-12-21)15(22)19-17(9-5-6-10-17)16-18-14(2)23-20-16/h13H,3-12H2,1-2H3,(H,19,22)/t13-/m1/s1. The molecule has 1 N–H and O–H groups in total. The summed E-state index contributed by atoms with van der Waals surface area (Å²) in [4.78, 5) is 19.6. The first-order valence-electron chi connectivity index (χ1n) is 8.98. The van der Waals surface area contributed by atoms with Gasteiger partial charge in [0.25, 0.3) is 0 Å². The van der Waals surface area contributed by atoms with Gasteiger partial charge < -0.3 is 9.84 Å². The Bertz CT molecular complexity index is 528. The Labute approximate surface area is 138 Å². The van der Waals surface area contributed by atoms with E-state index in [0.29, 0.717) is 11.7 Å². The highest BCUT2D eigenvalue weighted by Gasteiger charge is 2.42. The molecule has 0 spiro atoms. The van der Waals surface area contributed by atoms with Crippen molar-refractivity contribution in [1.82, 2.24) is 20.4 Å². The summed E-state index contributed by atoms with van der Waals surface area (Å²) in [5, 5.41) is 7.37. The number of rotatable bonds is 4. The highest BCUT2D eigenvalue weighted by molar-refractivity contribution is 5.82. The van der Waals surface area contributed by atoms with Gasteiger partial charge in [0.1, 0.15) is 5.54 Å². The molecule has 1 saturated heterocycles. The van der Waals surface area contributed by atoms with Crippen LogP contribution in [-0.4, -0.2) is 40.1 Å². The fourth-order valence-electron chi connectivity index (χ4n) is 3.87. The summed E-state index contributed by atoms with van der Waals surface area (Å²) >= 11 is 0.